The Labute approximate surface area is 113 Å². The molecule has 0 saturated carbocycles. The first-order valence-corrected chi connectivity index (χ1v) is 6.84. The molecule has 3 heteroatoms. The highest BCUT2D eigenvalue weighted by Gasteiger charge is 2.46. The number of nitrogens with two attached hydrogens (primary N) is 1. The number of aromatic nitrogens is 1. The van der Waals surface area contributed by atoms with E-state index >= 15 is 0 Å². The van der Waals surface area contributed by atoms with Crippen LogP contribution >= 0.6 is 0 Å². The smallest absolute Gasteiger partial charge is 0.248 e. The average molecular weight is 256 g/mol. The van der Waals surface area contributed by atoms with E-state index < -0.39 is 5.54 Å². The molecular weight excluding hydrogens is 236 g/mol. The molecule has 3 N–H and O–H groups in total. The average Bonchev–Trinajstić information content (AvgIpc) is 2.35. The van der Waals surface area contributed by atoms with E-state index in [1.165, 1.54) is 11.1 Å². The minimum absolute atomic E-state index is 0.0445. The second kappa shape index (κ2) is 3.94. The Balaban J connectivity index is 2.34. The van der Waals surface area contributed by atoms with E-state index in [9.17, 15) is 4.79 Å². The number of pyridine rings is 1. The Kier molecular flexibility index (Phi) is 2.58. The van der Waals surface area contributed by atoms with Crippen LogP contribution < -0.4 is 11.3 Å². The van der Waals surface area contributed by atoms with Crippen LogP contribution in [0.25, 0.3) is 0 Å². The summed E-state index contributed by atoms with van der Waals surface area (Å²) in [5, 5.41) is 0. The van der Waals surface area contributed by atoms with Gasteiger partial charge in [0.1, 0.15) is 0 Å². The lowest BCUT2D eigenvalue weighted by Crippen LogP contribution is -2.49. The van der Waals surface area contributed by atoms with Crippen LogP contribution in [-0.2, 0) is 5.54 Å². The highest BCUT2D eigenvalue weighted by molar-refractivity contribution is 5.50. The highest BCUT2D eigenvalue weighted by atomic mass is 16.1. The molecule has 0 aliphatic heterocycles. The number of fused-ring (bicyclic) bond motifs is 4. The topological polar surface area (TPSA) is 58.9 Å². The van der Waals surface area contributed by atoms with Crippen molar-refractivity contribution in [1.82, 2.24) is 4.98 Å². The summed E-state index contributed by atoms with van der Waals surface area (Å²) in [4.78, 5) is 14.6. The van der Waals surface area contributed by atoms with Gasteiger partial charge in [-0.05, 0) is 37.5 Å². The van der Waals surface area contributed by atoms with Crippen LogP contribution in [0.3, 0.4) is 0 Å². The molecule has 0 radical (unpaired) electrons. The number of hydrogen-bond donors (Lipinski definition) is 2. The summed E-state index contributed by atoms with van der Waals surface area (Å²) in [6, 6.07) is 3.49. The van der Waals surface area contributed by atoms with Gasteiger partial charge in [0.05, 0.1) is 5.54 Å². The number of hydrogen-bond acceptors (Lipinski definition) is 2. The minimum atomic E-state index is -0.454. The third-order valence-electron chi connectivity index (χ3n) is 4.63. The summed E-state index contributed by atoms with van der Waals surface area (Å²) in [5.74, 6) is 0.566. The molecule has 1 aromatic rings. The standard InChI is InChI=1S/C16H20N2O/c1-4-12-11-7-9(2)8-16(12,17)13-5-6-14(19)18-15(13)10(11)3/h4-7,10-11H,8,17H2,1-3H3,(H,18,19)/t10-,11?,16?/m1/s1. The van der Waals surface area contributed by atoms with Gasteiger partial charge in [-0.1, -0.05) is 24.6 Å². The summed E-state index contributed by atoms with van der Waals surface area (Å²) in [6.45, 7) is 6.36. The van der Waals surface area contributed by atoms with Crippen molar-refractivity contribution in [2.45, 2.75) is 38.6 Å². The molecule has 3 rings (SSSR count). The Bertz CT molecular complexity index is 653. The van der Waals surface area contributed by atoms with E-state index in [4.69, 9.17) is 5.73 Å². The predicted molar refractivity (Wildman–Crippen MR) is 77.0 cm³/mol. The van der Waals surface area contributed by atoms with Gasteiger partial charge in [0.2, 0.25) is 5.56 Å². The van der Waals surface area contributed by atoms with Gasteiger partial charge in [0.15, 0.2) is 0 Å². The maximum atomic E-state index is 11.6. The molecule has 3 nitrogen and oxygen atoms in total. The van der Waals surface area contributed by atoms with Crippen LogP contribution in [0.1, 0.15) is 44.4 Å². The number of aromatic amines is 1. The molecule has 2 aliphatic rings. The molecule has 100 valence electrons. The number of rotatable bonds is 0. The summed E-state index contributed by atoms with van der Waals surface area (Å²) < 4.78 is 0. The van der Waals surface area contributed by atoms with Crippen LogP contribution in [0.4, 0.5) is 0 Å². The molecule has 3 atom stereocenters. The summed E-state index contributed by atoms with van der Waals surface area (Å²) >= 11 is 0. The quantitative estimate of drug-likeness (QED) is 0.701. The summed E-state index contributed by atoms with van der Waals surface area (Å²) in [7, 11) is 0. The van der Waals surface area contributed by atoms with Crippen LogP contribution in [0.2, 0.25) is 0 Å². The molecule has 2 bridgehead atoms. The second-order valence-corrected chi connectivity index (χ2v) is 5.87. The maximum absolute atomic E-state index is 11.6. The summed E-state index contributed by atoms with van der Waals surface area (Å²) in [5.41, 5.74) is 10.9. The van der Waals surface area contributed by atoms with Gasteiger partial charge in [-0.2, -0.15) is 0 Å². The molecule has 0 saturated heterocycles. The van der Waals surface area contributed by atoms with E-state index in [2.05, 4.69) is 37.9 Å². The first kappa shape index (κ1) is 12.4. The monoisotopic (exact) mass is 256 g/mol. The summed E-state index contributed by atoms with van der Waals surface area (Å²) in [6.07, 6.45) is 5.28. The van der Waals surface area contributed by atoms with Gasteiger partial charge < -0.3 is 10.7 Å². The van der Waals surface area contributed by atoms with Crippen LogP contribution in [0.15, 0.2) is 40.2 Å². The third-order valence-corrected chi connectivity index (χ3v) is 4.63. The van der Waals surface area contributed by atoms with Gasteiger partial charge >= 0.3 is 0 Å². The van der Waals surface area contributed by atoms with Crippen molar-refractivity contribution in [2.24, 2.45) is 11.7 Å². The first-order valence-electron chi connectivity index (χ1n) is 6.84. The zero-order valence-electron chi connectivity index (χ0n) is 11.7. The Hall–Kier alpha value is -1.61. The fraction of sp³-hybridized carbons (Fsp3) is 0.438. The fourth-order valence-corrected chi connectivity index (χ4v) is 3.83. The van der Waals surface area contributed by atoms with Crippen molar-refractivity contribution >= 4 is 0 Å². The molecule has 2 aliphatic carbocycles. The van der Waals surface area contributed by atoms with E-state index in [0.29, 0.717) is 5.92 Å². The minimum Gasteiger partial charge on any atom is -0.326 e. The van der Waals surface area contributed by atoms with Gasteiger partial charge in [0, 0.05) is 23.6 Å². The zero-order chi connectivity index (χ0) is 13.8. The van der Waals surface area contributed by atoms with E-state index in [-0.39, 0.29) is 11.5 Å². The van der Waals surface area contributed by atoms with Crippen LogP contribution in [0.5, 0.6) is 0 Å². The van der Waals surface area contributed by atoms with Crippen molar-refractivity contribution in [1.29, 1.82) is 0 Å². The van der Waals surface area contributed by atoms with E-state index in [0.717, 1.165) is 17.7 Å². The molecule has 1 heterocycles. The fourth-order valence-electron chi connectivity index (χ4n) is 3.83. The second-order valence-electron chi connectivity index (χ2n) is 5.87. The third kappa shape index (κ3) is 1.58. The maximum Gasteiger partial charge on any atom is 0.248 e. The van der Waals surface area contributed by atoms with Crippen molar-refractivity contribution in [3.63, 3.8) is 0 Å². The SMILES string of the molecule is CC=C1C2C=C(C)CC1(N)c1ccc(=O)[nH]c1[C@@H]2C. The Morgan fingerprint density at radius 1 is 1.47 bits per heavy atom. The van der Waals surface area contributed by atoms with Gasteiger partial charge in [-0.3, -0.25) is 4.79 Å². The van der Waals surface area contributed by atoms with Gasteiger partial charge in [-0.25, -0.2) is 0 Å². The highest BCUT2D eigenvalue weighted by Crippen LogP contribution is 2.52. The van der Waals surface area contributed by atoms with E-state index in [1.54, 1.807) is 6.07 Å². The van der Waals surface area contributed by atoms with Crippen LogP contribution in [-0.4, -0.2) is 4.98 Å². The van der Waals surface area contributed by atoms with Gasteiger partial charge in [-0.15, -0.1) is 0 Å². The number of allylic oxidation sites excluding steroid dienone is 2. The molecular formula is C16H20N2O. The zero-order valence-corrected chi connectivity index (χ0v) is 11.7. The largest absolute Gasteiger partial charge is 0.326 e. The number of nitrogens with one attached hydrogen (secondary N) is 1. The van der Waals surface area contributed by atoms with Crippen molar-refractivity contribution in [2.75, 3.05) is 0 Å². The van der Waals surface area contributed by atoms with Crippen LogP contribution in [0, 0.1) is 5.92 Å². The van der Waals surface area contributed by atoms with E-state index in [1.807, 2.05) is 6.07 Å². The molecule has 19 heavy (non-hydrogen) atoms. The van der Waals surface area contributed by atoms with Crippen molar-refractivity contribution < 1.29 is 0 Å². The lowest BCUT2D eigenvalue weighted by atomic mass is 9.60. The molecule has 0 spiro atoms. The first-order chi connectivity index (χ1) is 8.97. The predicted octanol–water partition coefficient (Wildman–Crippen LogP) is 2.56. The Morgan fingerprint density at radius 2 is 2.21 bits per heavy atom. The van der Waals surface area contributed by atoms with Crippen molar-refractivity contribution in [3.05, 3.63) is 57.0 Å². The molecule has 1 aromatic heterocycles. The molecule has 2 unspecified atom stereocenters. The van der Waals surface area contributed by atoms with Crippen molar-refractivity contribution in [3.8, 4) is 0 Å². The lowest BCUT2D eigenvalue weighted by molar-refractivity contribution is 0.376. The Morgan fingerprint density at radius 3 is 2.89 bits per heavy atom. The normalized spacial score (nSPS) is 34.9. The lowest BCUT2D eigenvalue weighted by Gasteiger charge is -2.48. The molecule has 0 fully saturated rings. The molecule has 0 aromatic carbocycles. The molecule has 0 amide bonds. The van der Waals surface area contributed by atoms with Gasteiger partial charge in [0.25, 0.3) is 0 Å². The number of H-pyrrole nitrogens is 1.